The summed E-state index contributed by atoms with van der Waals surface area (Å²) in [5.74, 6) is -1.28. The SMILES string of the molecule is CCc1cccc(-c2cccc(-n3ncc(C(=O)O)c3C(F)(F)F)n2)c1OCc1ccc(C2CCN(CC(F)(F)F)CC2)cc1. The first-order valence-electron chi connectivity index (χ1n) is 14.3. The number of rotatable bonds is 9. The molecule has 4 aromatic rings. The number of carbonyl (C=O) groups is 1. The van der Waals surface area contributed by atoms with E-state index in [1.807, 2.05) is 37.3 Å². The summed E-state index contributed by atoms with van der Waals surface area (Å²) >= 11 is 0. The number of para-hydroxylation sites is 1. The number of ether oxygens (including phenoxy) is 1. The van der Waals surface area contributed by atoms with Crippen LogP contribution in [0, 0.1) is 0 Å². The number of carboxylic acids is 1. The maximum absolute atomic E-state index is 13.8. The largest absolute Gasteiger partial charge is 0.488 e. The Bertz CT molecular complexity index is 1640. The van der Waals surface area contributed by atoms with Gasteiger partial charge in [0.1, 0.15) is 17.9 Å². The van der Waals surface area contributed by atoms with Crippen LogP contribution in [0.4, 0.5) is 26.3 Å². The third-order valence-corrected chi connectivity index (χ3v) is 7.80. The second-order valence-electron chi connectivity index (χ2n) is 10.8. The van der Waals surface area contributed by atoms with E-state index in [1.165, 1.54) is 17.0 Å². The number of hydrogen-bond acceptors (Lipinski definition) is 5. The van der Waals surface area contributed by atoms with E-state index in [4.69, 9.17) is 4.74 Å². The maximum Gasteiger partial charge on any atom is 0.434 e. The Morgan fingerprint density at radius 2 is 1.67 bits per heavy atom. The Balaban J connectivity index is 1.35. The predicted octanol–water partition coefficient (Wildman–Crippen LogP) is 7.53. The summed E-state index contributed by atoms with van der Waals surface area (Å²) in [7, 11) is 0. The van der Waals surface area contributed by atoms with Gasteiger partial charge >= 0.3 is 18.3 Å². The first-order valence-corrected chi connectivity index (χ1v) is 14.3. The van der Waals surface area contributed by atoms with E-state index in [-0.39, 0.29) is 18.3 Å². The van der Waals surface area contributed by atoms with E-state index in [0.29, 0.717) is 60.2 Å². The van der Waals surface area contributed by atoms with Crippen molar-refractivity contribution in [3.05, 3.63) is 94.8 Å². The van der Waals surface area contributed by atoms with Gasteiger partial charge in [0.25, 0.3) is 0 Å². The Labute approximate surface area is 255 Å². The fourth-order valence-electron chi connectivity index (χ4n) is 5.60. The van der Waals surface area contributed by atoms with Crippen LogP contribution >= 0.6 is 0 Å². The minimum atomic E-state index is -4.99. The summed E-state index contributed by atoms with van der Waals surface area (Å²) < 4.78 is 86.4. The minimum absolute atomic E-state index is 0.175. The number of aromatic carboxylic acids is 1. The van der Waals surface area contributed by atoms with Gasteiger partial charge in [0, 0.05) is 5.56 Å². The molecule has 0 atom stereocenters. The van der Waals surface area contributed by atoms with Crippen LogP contribution in [-0.2, 0) is 19.2 Å². The number of halogens is 6. The number of benzene rings is 2. The number of nitrogens with zero attached hydrogens (tertiary/aromatic N) is 4. The molecule has 5 rings (SSSR count). The van der Waals surface area contributed by atoms with Crippen molar-refractivity contribution in [2.75, 3.05) is 19.6 Å². The molecule has 1 N–H and O–H groups in total. The molecule has 1 fully saturated rings. The third kappa shape index (κ3) is 7.47. The zero-order chi connectivity index (χ0) is 32.4. The topological polar surface area (TPSA) is 80.5 Å². The molecule has 13 heteroatoms. The number of hydrogen-bond donors (Lipinski definition) is 1. The second kappa shape index (κ2) is 12.9. The molecule has 7 nitrogen and oxygen atoms in total. The van der Waals surface area contributed by atoms with Crippen LogP contribution in [0.3, 0.4) is 0 Å². The first-order chi connectivity index (χ1) is 21.3. The quantitative estimate of drug-likeness (QED) is 0.192. The van der Waals surface area contributed by atoms with E-state index >= 15 is 0 Å². The fourth-order valence-corrected chi connectivity index (χ4v) is 5.60. The molecule has 0 spiro atoms. The summed E-state index contributed by atoms with van der Waals surface area (Å²) in [6, 6.07) is 17.6. The monoisotopic (exact) mass is 632 g/mol. The molecule has 45 heavy (non-hydrogen) atoms. The normalized spacial score (nSPS) is 14.9. The average Bonchev–Trinajstić information content (AvgIpc) is 3.47. The van der Waals surface area contributed by atoms with E-state index in [2.05, 4.69) is 10.1 Å². The van der Waals surface area contributed by atoms with Gasteiger partial charge in [-0.25, -0.2) is 14.5 Å². The van der Waals surface area contributed by atoms with Crippen molar-refractivity contribution in [1.82, 2.24) is 19.7 Å². The lowest BCUT2D eigenvalue weighted by atomic mass is 9.89. The molecule has 3 heterocycles. The molecule has 0 unspecified atom stereocenters. The lowest BCUT2D eigenvalue weighted by Crippen LogP contribution is -2.39. The number of aromatic nitrogens is 3. The molecule has 0 aliphatic carbocycles. The van der Waals surface area contributed by atoms with Crippen LogP contribution < -0.4 is 4.74 Å². The lowest BCUT2D eigenvalue weighted by molar-refractivity contribution is -0.148. The van der Waals surface area contributed by atoms with Gasteiger partial charge in [-0.2, -0.15) is 31.4 Å². The highest BCUT2D eigenvalue weighted by Crippen LogP contribution is 2.36. The molecular formula is C32H30F6N4O3. The van der Waals surface area contributed by atoms with Crippen molar-refractivity contribution in [3.8, 4) is 22.8 Å². The first kappa shape index (κ1) is 32.0. The van der Waals surface area contributed by atoms with Crippen molar-refractivity contribution in [1.29, 1.82) is 0 Å². The van der Waals surface area contributed by atoms with Crippen LogP contribution in [0.1, 0.15) is 58.4 Å². The van der Waals surface area contributed by atoms with Gasteiger partial charge in [-0.3, -0.25) is 4.90 Å². The minimum Gasteiger partial charge on any atom is -0.488 e. The zero-order valence-electron chi connectivity index (χ0n) is 24.2. The van der Waals surface area contributed by atoms with Gasteiger partial charge in [-0.15, -0.1) is 0 Å². The number of aryl methyl sites for hydroxylation is 1. The van der Waals surface area contributed by atoms with Gasteiger partial charge in [-0.1, -0.05) is 49.4 Å². The van der Waals surface area contributed by atoms with Crippen molar-refractivity contribution >= 4 is 5.97 Å². The summed E-state index contributed by atoms with van der Waals surface area (Å²) in [6.45, 7) is 2.02. The molecule has 0 saturated carbocycles. The van der Waals surface area contributed by atoms with Gasteiger partial charge in [-0.05, 0) is 73.2 Å². The van der Waals surface area contributed by atoms with Gasteiger partial charge < -0.3 is 9.84 Å². The number of piperidine rings is 1. The molecule has 2 aromatic heterocycles. The van der Waals surface area contributed by atoms with Gasteiger partial charge in [0.05, 0.1) is 18.4 Å². The summed E-state index contributed by atoms with van der Waals surface area (Å²) in [5, 5.41) is 12.9. The number of likely N-dealkylation sites (tertiary alicyclic amines) is 1. The molecule has 1 aliphatic heterocycles. The van der Waals surface area contributed by atoms with Crippen LogP contribution in [0.5, 0.6) is 5.75 Å². The average molecular weight is 633 g/mol. The number of pyridine rings is 1. The highest BCUT2D eigenvalue weighted by molar-refractivity contribution is 5.89. The second-order valence-corrected chi connectivity index (χ2v) is 10.8. The fraction of sp³-hybridized carbons (Fsp3) is 0.344. The predicted molar refractivity (Wildman–Crippen MR) is 153 cm³/mol. The molecule has 2 aromatic carbocycles. The molecule has 1 saturated heterocycles. The Hall–Kier alpha value is -4.39. The van der Waals surface area contributed by atoms with Crippen molar-refractivity contribution in [2.45, 2.75) is 51.1 Å². The van der Waals surface area contributed by atoms with E-state index in [0.717, 1.165) is 16.7 Å². The van der Waals surface area contributed by atoms with E-state index in [9.17, 15) is 36.2 Å². The van der Waals surface area contributed by atoms with Crippen LogP contribution in [0.25, 0.3) is 17.1 Å². The van der Waals surface area contributed by atoms with Crippen LogP contribution in [-0.4, -0.2) is 56.6 Å². The smallest absolute Gasteiger partial charge is 0.434 e. The summed E-state index contributed by atoms with van der Waals surface area (Å²) in [6.07, 6.45) is -6.65. The molecule has 0 radical (unpaired) electrons. The van der Waals surface area contributed by atoms with E-state index in [1.54, 1.807) is 18.2 Å². The standard InChI is InChI=1S/C32H30F6N4O3/c1-2-21-5-3-6-24(26-7-4-8-27(40-26)42-29(32(36,37)38)25(17-39-42)30(43)44)28(21)45-18-20-9-11-22(12-10-20)23-13-15-41(16-14-23)19-31(33,34)35/h3-12,17,23H,2,13-16,18-19H2,1H3,(H,43,44). The molecule has 0 amide bonds. The maximum atomic E-state index is 13.8. The van der Waals surface area contributed by atoms with Crippen LogP contribution in [0.15, 0.2) is 66.9 Å². The summed E-state index contributed by atoms with van der Waals surface area (Å²) in [4.78, 5) is 17.3. The van der Waals surface area contributed by atoms with Crippen molar-refractivity contribution in [2.24, 2.45) is 0 Å². The Morgan fingerprint density at radius 1 is 0.978 bits per heavy atom. The lowest BCUT2D eigenvalue weighted by Gasteiger charge is -2.32. The van der Waals surface area contributed by atoms with E-state index < -0.39 is 36.1 Å². The van der Waals surface area contributed by atoms with Gasteiger partial charge in [0.15, 0.2) is 11.5 Å². The Morgan fingerprint density at radius 3 is 2.29 bits per heavy atom. The highest BCUT2D eigenvalue weighted by Gasteiger charge is 2.41. The highest BCUT2D eigenvalue weighted by atomic mass is 19.4. The molecule has 238 valence electrons. The van der Waals surface area contributed by atoms with Crippen LogP contribution in [0.2, 0.25) is 0 Å². The molecule has 1 aliphatic rings. The number of carboxylic acid groups (broad SMARTS) is 1. The third-order valence-electron chi connectivity index (χ3n) is 7.80. The van der Waals surface area contributed by atoms with Gasteiger partial charge in [0.2, 0.25) is 0 Å². The number of alkyl halides is 6. The Kier molecular flexibility index (Phi) is 9.19. The zero-order valence-corrected chi connectivity index (χ0v) is 24.2. The van der Waals surface area contributed by atoms with Crippen molar-refractivity contribution < 1.29 is 41.0 Å². The summed E-state index contributed by atoms with van der Waals surface area (Å²) in [5.41, 5.74) is 1.20. The molecule has 0 bridgehead atoms. The molecular weight excluding hydrogens is 602 g/mol. The van der Waals surface area contributed by atoms with Crippen molar-refractivity contribution in [3.63, 3.8) is 0 Å².